The highest BCUT2D eigenvalue weighted by molar-refractivity contribution is 9.10. The van der Waals surface area contributed by atoms with E-state index in [-0.39, 0.29) is 15.1 Å². The number of nitrogens with one attached hydrogen (secondary N) is 1. The van der Waals surface area contributed by atoms with Crippen molar-refractivity contribution in [2.24, 2.45) is 0 Å². The molecule has 0 heterocycles. The molecule has 2 rings (SSSR count). The maximum absolute atomic E-state index is 13.4. The quantitative estimate of drug-likeness (QED) is 0.875. The first-order valence-electron chi connectivity index (χ1n) is 5.95. The monoisotopic (exact) mass is 375 g/mol. The Morgan fingerprint density at radius 2 is 1.71 bits per heavy atom. The van der Waals surface area contributed by atoms with E-state index in [9.17, 15) is 17.2 Å². The molecular weight excluding hydrogens is 364 g/mol. The number of rotatable bonds is 3. The average molecular weight is 376 g/mol. The Balaban J connectivity index is 2.47. The molecule has 21 heavy (non-hydrogen) atoms. The lowest BCUT2D eigenvalue weighted by molar-refractivity contribution is 0.594. The summed E-state index contributed by atoms with van der Waals surface area (Å²) in [5, 5.41) is 0. The average Bonchev–Trinajstić information content (AvgIpc) is 2.38. The maximum Gasteiger partial charge on any atom is 0.262 e. The summed E-state index contributed by atoms with van der Waals surface area (Å²) in [7, 11) is -3.95. The van der Waals surface area contributed by atoms with E-state index in [1.807, 2.05) is 0 Å². The molecule has 0 saturated carbocycles. The maximum atomic E-state index is 13.4. The summed E-state index contributed by atoms with van der Waals surface area (Å²) < 4.78 is 53.8. The molecule has 0 bridgehead atoms. The highest BCUT2D eigenvalue weighted by Gasteiger charge is 2.19. The number of hydrogen-bond donors (Lipinski definition) is 1. The second-order valence-electron chi connectivity index (χ2n) is 4.60. The molecule has 1 N–H and O–H groups in total. The van der Waals surface area contributed by atoms with Crippen molar-refractivity contribution in [2.75, 3.05) is 4.72 Å². The van der Waals surface area contributed by atoms with E-state index in [4.69, 9.17) is 0 Å². The van der Waals surface area contributed by atoms with Gasteiger partial charge in [0.05, 0.1) is 15.1 Å². The minimum atomic E-state index is -3.95. The molecular formula is C14H12BrF2NO2S. The Kier molecular flexibility index (Phi) is 4.34. The van der Waals surface area contributed by atoms with Crippen LogP contribution in [0.25, 0.3) is 0 Å². The number of anilines is 1. The number of sulfonamides is 1. The summed E-state index contributed by atoms with van der Waals surface area (Å²) in [4.78, 5) is -0.151. The molecule has 112 valence electrons. The molecule has 0 unspecified atom stereocenters. The van der Waals surface area contributed by atoms with Gasteiger partial charge in [-0.2, -0.15) is 0 Å². The SMILES string of the molecule is Cc1cc(F)c(Br)cc1NS(=O)(=O)c1cc(F)ccc1C. The molecule has 2 aromatic rings. The van der Waals surface area contributed by atoms with Crippen LogP contribution in [-0.2, 0) is 10.0 Å². The van der Waals surface area contributed by atoms with Crippen LogP contribution >= 0.6 is 15.9 Å². The van der Waals surface area contributed by atoms with Crippen molar-refractivity contribution in [3.05, 3.63) is 57.6 Å². The zero-order chi connectivity index (χ0) is 15.8. The van der Waals surface area contributed by atoms with Crippen molar-refractivity contribution >= 4 is 31.6 Å². The van der Waals surface area contributed by atoms with Crippen LogP contribution in [0.15, 0.2) is 39.7 Å². The lowest BCUT2D eigenvalue weighted by Gasteiger charge is -2.13. The summed E-state index contributed by atoms with van der Waals surface area (Å²) in [6.07, 6.45) is 0. The molecule has 0 saturated heterocycles. The molecule has 3 nitrogen and oxygen atoms in total. The molecule has 0 aliphatic heterocycles. The van der Waals surface area contributed by atoms with Crippen LogP contribution < -0.4 is 4.72 Å². The van der Waals surface area contributed by atoms with Gasteiger partial charge in [0.2, 0.25) is 0 Å². The summed E-state index contributed by atoms with van der Waals surface area (Å²) in [5.41, 5.74) is 1.07. The van der Waals surface area contributed by atoms with Crippen LogP contribution in [0.3, 0.4) is 0 Å². The third-order valence-corrected chi connectivity index (χ3v) is 5.07. The van der Waals surface area contributed by atoms with Crippen molar-refractivity contribution in [3.63, 3.8) is 0 Å². The number of benzene rings is 2. The predicted molar refractivity (Wildman–Crippen MR) is 80.8 cm³/mol. The Morgan fingerprint density at radius 1 is 1.05 bits per heavy atom. The highest BCUT2D eigenvalue weighted by Crippen LogP contribution is 2.27. The van der Waals surface area contributed by atoms with Crippen molar-refractivity contribution in [1.29, 1.82) is 0 Å². The number of halogens is 3. The molecule has 0 amide bonds. The zero-order valence-corrected chi connectivity index (χ0v) is 13.6. The van der Waals surface area contributed by atoms with Gasteiger partial charge in [-0.3, -0.25) is 4.72 Å². The zero-order valence-electron chi connectivity index (χ0n) is 11.2. The van der Waals surface area contributed by atoms with E-state index >= 15 is 0 Å². The molecule has 0 atom stereocenters. The van der Waals surface area contributed by atoms with Crippen LogP contribution in [0.2, 0.25) is 0 Å². The first-order chi connectivity index (χ1) is 9.70. The van der Waals surface area contributed by atoms with E-state index in [0.29, 0.717) is 11.1 Å². The van der Waals surface area contributed by atoms with Crippen molar-refractivity contribution in [3.8, 4) is 0 Å². The topological polar surface area (TPSA) is 46.2 Å². The smallest absolute Gasteiger partial charge is 0.262 e. The Bertz CT molecular complexity index is 807. The Labute approximate surface area is 130 Å². The Hall–Kier alpha value is -1.47. The second-order valence-corrected chi connectivity index (χ2v) is 7.10. The summed E-state index contributed by atoms with van der Waals surface area (Å²) in [6.45, 7) is 3.15. The molecule has 0 aliphatic rings. The minimum Gasteiger partial charge on any atom is -0.279 e. The van der Waals surface area contributed by atoms with Crippen LogP contribution in [-0.4, -0.2) is 8.42 Å². The van der Waals surface area contributed by atoms with Gasteiger partial charge in [-0.05, 0) is 65.2 Å². The number of hydrogen-bond acceptors (Lipinski definition) is 2. The fourth-order valence-corrected chi connectivity index (χ4v) is 3.54. The molecule has 0 aliphatic carbocycles. The van der Waals surface area contributed by atoms with Crippen molar-refractivity contribution in [2.45, 2.75) is 18.7 Å². The van der Waals surface area contributed by atoms with Gasteiger partial charge in [0.15, 0.2) is 0 Å². The van der Waals surface area contributed by atoms with E-state index in [1.54, 1.807) is 13.8 Å². The van der Waals surface area contributed by atoms with E-state index in [0.717, 1.165) is 6.07 Å². The van der Waals surface area contributed by atoms with E-state index in [2.05, 4.69) is 20.7 Å². The van der Waals surface area contributed by atoms with Crippen molar-refractivity contribution in [1.82, 2.24) is 0 Å². The second kappa shape index (κ2) is 5.73. The molecule has 0 aromatic heterocycles. The first-order valence-corrected chi connectivity index (χ1v) is 8.23. The van der Waals surface area contributed by atoms with Gasteiger partial charge in [0, 0.05) is 0 Å². The fraction of sp³-hybridized carbons (Fsp3) is 0.143. The van der Waals surface area contributed by atoms with Gasteiger partial charge in [-0.1, -0.05) is 6.07 Å². The summed E-state index contributed by atoms with van der Waals surface area (Å²) >= 11 is 3.00. The summed E-state index contributed by atoms with van der Waals surface area (Å²) in [5.74, 6) is -1.13. The first kappa shape index (κ1) is 15.9. The third-order valence-electron chi connectivity index (χ3n) is 2.95. The van der Waals surface area contributed by atoms with Gasteiger partial charge >= 0.3 is 0 Å². The van der Waals surface area contributed by atoms with Gasteiger partial charge in [0.25, 0.3) is 10.0 Å². The van der Waals surface area contributed by atoms with E-state index in [1.165, 1.54) is 24.3 Å². The standard InChI is InChI=1S/C14H12BrF2NO2S/c1-8-3-4-10(16)6-14(8)21(19,20)18-13-7-11(15)12(17)5-9(13)2/h3-7,18H,1-2H3. The van der Waals surface area contributed by atoms with E-state index < -0.39 is 21.7 Å². The predicted octanol–water partition coefficient (Wildman–Crippen LogP) is 4.14. The third kappa shape index (κ3) is 3.41. The van der Waals surface area contributed by atoms with Crippen LogP contribution in [0.1, 0.15) is 11.1 Å². The molecule has 2 aromatic carbocycles. The van der Waals surface area contributed by atoms with Gasteiger partial charge in [-0.15, -0.1) is 0 Å². The van der Waals surface area contributed by atoms with Gasteiger partial charge in [0.1, 0.15) is 11.6 Å². The molecule has 0 radical (unpaired) electrons. The van der Waals surface area contributed by atoms with Gasteiger partial charge < -0.3 is 0 Å². The highest BCUT2D eigenvalue weighted by atomic mass is 79.9. The number of aryl methyl sites for hydroxylation is 2. The van der Waals surface area contributed by atoms with Gasteiger partial charge in [-0.25, -0.2) is 17.2 Å². The molecule has 0 spiro atoms. The minimum absolute atomic E-state index is 0.141. The largest absolute Gasteiger partial charge is 0.279 e. The lowest BCUT2D eigenvalue weighted by Crippen LogP contribution is -2.15. The van der Waals surface area contributed by atoms with Crippen LogP contribution in [0.5, 0.6) is 0 Å². The normalized spacial score (nSPS) is 11.5. The molecule has 7 heteroatoms. The fourth-order valence-electron chi connectivity index (χ4n) is 1.82. The lowest BCUT2D eigenvalue weighted by atomic mass is 10.2. The van der Waals surface area contributed by atoms with Crippen LogP contribution in [0, 0.1) is 25.5 Å². The Morgan fingerprint density at radius 3 is 2.38 bits per heavy atom. The van der Waals surface area contributed by atoms with Crippen LogP contribution in [0.4, 0.5) is 14.5 Å². The van der Waals surface area contributed by atoms with Crippen molar-refractivity contribution < 1.29 is 17.2 Å². The summed E-state index contributed by atoms with van der Waals surface area (Å²) in [6, 6.07) is 6.06. The molecule has 0 fully saturated rings.